The summed E-state index contributed by atoms with van der Waals surface area (Å²) >= 11 is 0. The summed E-state index contributed by atoms with van der Waals surface area (Å²) in [5.74, 6) is 0.802. The highest BCUT2D eigenvalue weighted by atomic mass is 14.9. The molecule has 0 fully saturated rings. The highest BCUT2D eigenvalue weighted by molar-refractivity contribution is 5.59. The van der Waals surface area contributed by atoms with Crippen LogP contribution in [0.1, 0.15) is 45.6 Å². The van der Waals surface area contributed by atoms with E-state index in [0.717, 1.165) is 11.6 Å². The van der Waals surface area contributed by atoms with Crippen LogP contribution in [0.2, 0.25) is 0 Å². The predicted molar refractivity (Wildman–Crippen MR) is 77.4 cm³/mol. The van der Waals surface area contributed by atoms with Gasteiger partial charge in [0.25, 0.3) is 0 Å². The van der Waals surface area contributed by atoms with Gasteiger partial charge in [-0.3, -0.25) is 0 Å². The molecule has 0 spiro atoms. The van der Waals surface area contributed by atoms with Crippen molar-refractivity contribution >= 4 is 11.4 Å². The van der Waals surface area contributed by atoms with E-state index in [1.165, 1.54) is 30.5 Å². The van der Waals surface area contributed by atoms with E-state index in [4.69, 9.17) is 5.73 Å². The van der Waals surface area contributed by atoms with Gasteiger partial charge in [-0.2, -0.15) is 0 Å². The maximum atomic E-state index is 5.80. The molecule has 2 heteroatoms. The second-order valence-electron chi connectivity index (χ2n) is 5.44. The second-order valence-corrected chi connectivity index (χ2v) is 5.44. The lowest BCUT2D eigenvalue weighted by atomic mass is 10.0. The SMILES string of the molecule is Cc1ccc(N)cc1NC(C)CCCC(C)C. The van der Waals surface area contributed by atoms with Crippen LogP contribution in [0.25, 0.3) is 0 Å². The van der Waals surface area contributed by atoms with E-state index >= 15 is 0 Å². The van der Waals surface area contributed by atoms with Crippen molar-refractivity contribution in [3.63, 3.8) is 0 Å². The van der Waals surface area contributed by atoms with Crippen LogP contribution < -0.4 is 11.1 Å². The van der Waals surface area contributed by atoms with Gasteiger partial charge in [-0.25, -0.2) is 0 Å². The summed E-state index contributed by atoms with van der Waals surface area (Å²) in [6.07, 6.45) is 3.81. The summed E-state index contributed by atoms with van der Waals surface area (Å²) < 4.78 is 0. The Balaban J connectivity index is 2.44. The Morgan fingerprint density at radius 3 is 2.53 bits per heavy atom. The third-order valence-corrected chi connectivity index (χ3v) is 3.08. The summed E-state index contributed by atoms with van der Waals surface area (Å²) in [6, 6.07) is 6.55. The Kier molecular flexibility index (Phi) is 5.33. The molecule has 0 amide bonds. The first-order chi connectivity index (χ1) is 7.99. The number of anilines is 2. The molecule has 0 saturated heterocycles. The number of rotatable bonds is 6. The van der Waals surface area contributed by atoms with E-state index < -0.39 is 0 Å². The van der Waals surface area contributed by atoms with Crippen molar-refractivity contribution in [2.75, 3.05) is 11.1 Å². The molecule has 96 valence electrons. The first-order valence-corrected chi connectivity index (χ1v) is 6.61. The van der Waals surface area contributed by atoms with Gasteiger partial charge in [0.15, 0.2) is 0 Å². The summed E-state index contributed by atoms with van der Waals surface area (Å²) in [7, 11) is 0. The van der Waals surface area contributed by atoms with Crippen molar-refractivity contribution in [1.82, 2.24) is 0 Å². The highest BCUT2D eigenvalue weighted by Crippen LogP contribution is 2.20. The second kappa shape index (κ2) is 6.53. The van der Waals surface area contributed by atoms with Gasteiger partial charge in [-0.15, -0.1) is 0 Å². The molecular weight excluding hydrogens is 208 g/mol. The van der Waals surface area contributed by atoms with Gasteiger partial charge in [0, 0.05) is 17.4 Å². The van der Waals surface area contributed by atoms with Crippen molar-refractivity contribution in [1.29, 1.82) is 0 Å². The molecule has 1 aromatic carbocycles. The molecule has 2 nitrogen and oxygen atoms in total. The topological polar surface area (TPSA) is 38.0 Å². The molecule has 17 heavy (non-hydrogen) atoms. The summed E-state index contributed by atoms with van der Waals surface area (Å²) in [5.41, 5.74) is 9.06. The first-order valence-electron chi connectivity index (χ1n) is 6.61. The Labute approximate surface area is 106 Å². The smallest absolute Gasteiger partial charge is 0.0392 e. The average Bonchev–Trinajstić information content (AvgIpc) is 2.23. The fraction of sp³-hybridized carbons (Fsp3) is 0.600. The molecule has 0 bridgehead atoms. The Bertz CT molecular complexity index is 345. The number of benzene rings is 1. The van der Waals surface area contributed by atoms with Gasteiger partial charge in [0.2, 0.25) is 0 Å². The van der Waals surface area contributed by atoms with Crippen molar-refractivity contribution < 1.29 is 0 Å². The van der Waals surface area contributed by atoms with E-state index in [9.17, 15) is 0 Å². The van der Waals surface area contributed by atoms with E-state index in [1.807, 2.05) is 12.1 Å². The van der Waals surface area contributed by atoms with Crippen LogP contribution >= 0.6 is 0 Å². The van der Waals surface area contributed by atoms with Gasteiger partial charge >= 0.3 is 0 Å². The zero-order valence-electron chi connectivity index (χ0n) is 11.6. The number of nitrogens with one attached hydrogen (secondary N) is 1. The van der Waals surface area contributed by atoms with Crippen LogP contribution in [0, 0.1) is 12.8 Å². The quantitative estimate of drug-likeness (QED) is 0.724. The molecule has 0 radical (unpaired) electrons. The summed E-state index contributed by atoms with van der Waals surface area (Å²) in [6.45, 7) is 8.91. The number of hydrogen-bond acceptors (Lipinski definition) is 2. The molecule has 3 N–H and O–H groups in total. The summed E-state index contributed by atoms with van der Waals surface area (Å²) in [4.78, 5) is 0. The normalized spacial score (nSPS) is 12.8. The maximum absolute atomic E-state index is 5.80. The number of aryl methyl sites for hydroxylation is 1. The monoisotopic (exact) mass is 234 g/mol. The average molecular weight is 234 g/mol. The minimum atomic E-state index is 0.509. The zero-order valence-corrected chi connectivity index (χ0v) is 11.6. The summed E-state index contributed by atoms with van der Waals surface area (Å²) in [5, 5.41) is 3.54. The lowest BCUT2D eigenvalue weighted by molar-refractivity contribution is 0.520. The fourth-order valence-electron chi connectivity index (χ4n) is 1.97. The molecule has 1 unspecified atom stereocenters. The molecule has 0 aliphatic carbocycles. The minimum Gasteiger partial charge on any atom is -0.399 e. The molecule has 1 aromatic rings. The number of nitrogen functional groups attached to an aromatic ring is 1. The molecule has 0 saturated carbocycles. The van der Waals surface area contributed by atoms with Crippen molar-refractivity contribution in [3.05, 3.63) is 23.8 Å². The highest BCUT2D eigenvalue weighted by Gasteiger charge is 2.05. The third-order valence-electron chi connectivity index (χ3n) is 3.08. The Morgan fingerprint density at radius 1 is 1.18 bits per heavy atom. The fourth-order valence-corrected chi connectivity index (χ4v) is 1.97. The van der Waals surface area contributed by atoms with Crippen LogP contribution in [0.3, 0.4) is 0 Å². The maximum Gasteiger partial charge on any atom is 0.0392 e. The molecule has 1 atom stereocenters. The number of nitrogens with two attached hydrogens (primary N) is 1. The van der Waals surface area contributed by atoms with Crippen molar-refractivity contribution in [2.45, 2.75) is 53.0 Å². The van der Waals surface area contributed by atoms with Crippen molar-refractivity contribution in [3.8, 4) is 0 Å². The van der Waals surface area contributed by atoms with Gasteiger partial charge < -0.3 is 11.1 Å². The molecule has 0 aromatic heterocycles. The molecule has 0 aliphatic rings. The minimum absolute atomic E-state index is 0.509. The van der Waals surface area contributed by atoms with Gasteiger partial charge in [-0.05, 0) is 43.9 Å². The van der Waals surface area contributed by atoms with Gasteiger partial charge in [0.05, 0.1) is 0 Å². The van der Waals surface area contributed by atoms with Crippen LogP contribution in [0.15, 0.2) is 18.2 Å². The van der Waals surface area contributed by atoms with E-state index in [1.54, 1.807) is 0 Å². The van der Waals surface area contributed by atoms with Crippen LogP contribution in [0.5, 0.6) is 0 Å². The Morgan fingerprint density at radius 2 is 1.88 bits per heavy atom. The first kappa shape index (κ1) is 13.9. The van der Waals surface area contributed by atoms with Crippen molar-refractivity contribution in [2.24, 2.45) is 5.92 Å². The molecule has 0 heterocycles. The predicted octanol–water partition coefficient (Wildman–Crippen LogP) is 4.20. The lowest BCUT2D eigenvalue weighted by Crippen LogP contribution is -2.16. The molecular formula is C15H26N2. The van der Waals surface area contributed by atoms with Crippen LogP contribution in [-0.4, -0.2) is 6.04 Å². The van der Waals surface area contributed by atoms with E-state index in [2.05, 4.69) is 39.1 Å². The molecule has 1 rings (SSSR count). The lowest BCUT2D eigenvalue weighted by Gasteiger charge is -2.18. The van der Waals surface area contributed by atoms with E-state index in [0.29, 0.717) is 6.04 Å². The standard InChI is InChI=1S/C15H26N2/c1-11(2)6-5-7-13(4)17-15-10-14(16)9-8-12(15)3/h8-11,13,17H,5-7,16H2,1-4H3. The largest absolute Gasteiger partial charge is 0.399 e. The molecule has 0 aliphatic heterocycles. The number of hydrogen-bond donors (Lipinski definition) is 2. The van der Waals surface area contributed by atoms with Crippen LogP contribution in [0.4, 0.5) is 11.4 Å². The Hall–Kier alpha value is -1.18. The zero-order chi connectivity index (χ0) is 12.8. The van der Waals surface area contributed by atoms with Gasteiger partial charge in [0.1, 0.15) is 0 Å². The third kappa shape index (κ3) is 5.12. The van der Waals surface area contributed by atoms with Crippen LogP contribution in [-0.2, 0) is 0 Å². The van der Waals surface area contributed by atoms with Gasteiger partial charge in [-0.1, -0.05) is 32.8 Å². The van der Waals surface area contributed by atoms with E-state index in [-0.39, 0.29) is 0 Å².